The number of carbonyl (C=O) groups is 1. The molecule has 2 heterocycles. The van der Waals surface area contributed by atoms with E-state index in [1.807, 2.05) is 48.9 Å². The molecule has 0 fully saturated rings. The van der Waals surface area contributed by atoms with E-state index in [2.05, 4.69) is 15.3 Å². The van der Waals surface area contributed by atoms with Crippen LogP contribution in [0.2, 0.25) is 0 Å². The van der Waals surface area contributed by atoms with E-state index in [0.717, 1.165) is 27.6 Å². The Morgan fingerprint density at radius 2 is 2.00 bits per heavy atom. The first-order chi connectivity index (χ1) is 11.1. The molecule has 0 bridgehead atoms. The topological polar surface area (TPSA) is 80.9 Å². The Kier molecular flexibility index (Phi) is 4.44. The van der Waals surface area contributed by atoms with Gasteiger partial charge in [0, 0.05) is 0 Å². The van der Waals surface area contributed by atoms with Crippen molar-refractivity contribution in [3.63, 3.8) is 0 Å². The van der Waals surface area contributed by atoms with E-state index in [-0.39, 0.29) is 5.75 Å². The number of hydrogen-bond acceptors (Lipinski definition) is 6. The van der Waals surface area contributed by atoms with Gasteiger partial charge in [-0.1, -0.05) is 41.3 Å². The van der Waals surface area contributed by atoms with Crippen LogP contribution in [0.1, 0.15) is 11.4 Å². The average Bonchev–Trinajstić information content (AvgIpc) is 3.10. The van der Waals surface area contributed by atoms with Crippen molar-refractivity contribution < 1.29 is 9.90 Å². The molecule has 6 nitrogen and oxygen atoms in total. The van der Waals surface area contributed by atoms with E-state index >= 15 is 0 Å². The number of rotatable bonds is 5. The summed E-state index contributed by atoms with van der Waals surface area (Å²) >= 11 is 2.57. The van der Waals surface area contributed by atoms with Crippen molar-refractivity contribution in [3.05, 3.63) is 41.7 Å². The highest BCUT2D eigenvalue weighted by atomic mass is 32.2. The number of thioether (sulfide) groups is 1. The number of aryl methyl sites for hydroxylation is 1. The predicted octanol–water partition coefficient (Wildman–Crippen LogP) is 3.18. The molecule has 0 saturated carbocycles. The van der Waals surface area contributed by atoms with Gasteiger partial charge in [-0.15, -0.1) is 10.2 Å². The summed E-state index contributed by atoms with van der Waals surface area (Å²) in [5, 5.41) is 22.3. The lowest BCUT2D eigenvalue weighted by Gasteiger charge is -2.03. The number of aliphatic carboxylic acids is 1. The number of para-hydroxylation sites is 1. The van der Waals surface area contributed by atoms with Crippen LogP contribution in [-0.2, 0) is 4.79 Å². The molecular weight excluding hydrogens is 332 g/mol. The van der Waals surface area contributed by atoms with Crippen LogP contribution in [0, 0.1) is 13.8 Å². The van der Waals surface area contributed by atoms with Gasteiger partial charge in [-0.25, -0.2) is 4.68 Å². The van der Waals surface area contributed by atoms with Gasteiger partial charge >= 0.3 is 5.97 Å². The first-order valence-corrected chi connectivity index (χ1v) is 8.66. The molecule has 0 radical (unpaired) electrons. The molecule has 0 spiro atoms. The molecule has 0 aliphatic heterocycles. The van der Waals surface area contributed by atoms with Gasteiger partial charge in [0.2, 0.25) is 0 Å². The zero-order valence-electron chi connectivity index (χ0n) is 12.6. The number of benzene rings is 1. The lowest BCUT2D eigenvalue weighted by atomic mass is 10.2. The molecule has 2 aromatic heterocycles. The van der Waals surface area contributed by atoms with Gasteiger partial charge in [0.25, 0.3) is 0 Å². The quantitative estimate of drug-likeness (QED) is 0.715. The molecule has 1 N–H and O–H groups in total. The fourth-order valence-corrected chi connectivity index (χ4v) is 3.99. The monoisotopic (exact) mass is 346 g/mol. The second kappa shape index (κ2) is 6.51. The molecule has 3 rings (SSSR count). The highest BCUT2D eigenvalue weighted by molar-refractivity contribution is 8.01. The molecule has 0 unspecified atom stereocenters. The number of nitrogens with zero attached hydrogens (tertiary/aromatic N) is 4. The van der Waals surface area contributed by atoms with Gasteiger partial charge in [-0.3, -0.25) is 4.79 Å². The maximum absolute atomic E-state index is 10.6. The Balaban J connectivity index is 1.95. The fraction of sp³-hybridized carbons (Fsp3) is 0.200. The molecule has 118 valence electrons. The Bertz CT molecular complexity index is 843. The van der Waals surface area contributed by atoms with Crippen LogP contribution in [-0.4, -0.2) is 36.8 Å². The van der Waals surface area contributed by atoms with E-state index in [4.69, 9.17) is 5.11 Å². The first kappa shape index (κ1) is 15.7. The second-order valence-electron chi connectivity index (χ2n) is 4.85. The lowest BCUT2D eigenvalue weighted by molar-refractivity contribution is -0.133. The van der Waals surface area contributed by atoms with Gasteiger partial charge in [-0.05, 0) is 26.0 Å². The van der Waals surface area contributed by atoms with Crippen molar-refractivity contribution in [3.8, 4) is 16.3 Å². The maximum atomic E-state index is 10.6. The highest BCUT2D eigenvalue weighted by Gasteiger charge is 2.18. The minimum atomic E-state index is -0.865. The minimum absolute atomic E-state index is 0.0180. The average molecular weight is 346 g/mol. The number of carboxylic acids is 1. The second-order valence-corrected chi connectivity index (χ2v) is 7.05. The number of hydrogen-bond donors (Lipinski definition) is 1. The Morgan fingerprint density at radius 1 is 1.26 bits per heavy atom. The molecule has 3 aromatic rings. The number of aromatic nitrogens is 4. The Morgan fingerprint density at radius 3 is 2.70 bits per heavy atom. The van der Waals surface area contributed by atoms with Gasteiger partial charge in [0.05, 0.1) is 28.4 Å². The molecule has 0 atom stereocenters. The van der Waals surface area contributed by atoms with E-state index < -0.39 is 5.97 Å². The van der Waals surface area contributed by atoms with E-state index in [1.165, 1.54) is 23.1 Å². The third-order valence-electron chi connectivity index (χ3n) is 3.23. The van der Waals surface area contributed by atoms with Gasteiger partial charge in [0.1, 0.15) is 0 Å². The largest absolute Gasteiger partial charge is 0.481 e. The highest BCUT2D eigenvalue weighted by Crippen LogP contribution is 2.33. The third kappa shape index (κ3) is 3.27. The first-order valence-electron chi connectivity index (χ1n) is 6.86. The van der Waals surface area contributed by atoms with Crippen molar-refractivity contribution in [2.24, 2.45) is 0 Å². The fourth-order valence-electron chi connectivity index (χ4n) is 2.27. The zero-order valence-corrected chi connectivity index (χ0v) is 14.2. The van der Waals surface area contributed by atoms with E-state index in [1.54, 1.807) is 0 Å². The smallest absolute Gasteiger partial charge is 0.313 e. The summed E-state index contributed by atoms with van der Waals surface area (Å²) in [5.74, 6) is -0.883. The molecule has 8 heteroatoms. The minimum Gasteiger partial charge on any atom is -0.481 e. The van der Waals surface area contributed by atoms with Crippen LogP contribution in [0.5, 0.6) is 0 Å². The normalized spacial score (nSPS) is 10.9. The summed E-state index contributed by atoms with van der Waals surface area (Å²) in [6.45, 7) is 3.93. The van der Waals surface area contributed by atoms with Crippen LogP contribution in [0.25, 0.3) is 16.3 Å². The van der Waals surface area contributed by atoms with E-state index in [0.29, 0.717) is 4.34 Å². The molecule has 23 heavy (non-hydrogen) atoms. The van der Waals surface area contributed by atoms with Gasteiger partial charge < -0.3 is 5.11 Å². The number of carboxylic acid groups (broad SMARTS) is 1. The molecular formula is C15H14N4O2S2. The summed E-state index contributed by atoms with van der Waals surface area (Å²) in [4.78, 5) is 10.6. The van der Waals surface area contributed by atoms with E-state index in [9.17, 15) is 4.79 Å². The van der Waals surface area contributed by atoms with Gasteiger partial charge in [-0.2, -0.15) is 5.10 Å². The summed E-state index contributed by atoms with van der Waals surface area (Å²) in [6, 6.07) is 9.90. The van der Waals surface area contributed by atoms with Crippen molar-refractivity contribution in [2.45, 2.75) is 18.2 Å². The predicted molar refractivity (Wildman–Crippen MR) is 90.3 cm³/mol. The van der Waals surface area contributed by atoms with Crippen LogP contribution in [0.3, 0.4) is 0 Å². The summed E-state index contributed by atoms with van der Waals surface area (Å²) in [5.41, 5.74) is 3.80. The van der Waals surface area contributed by atoms with Crippen LogP contribution in [0.4, 0.5) is 0 Å². The van der Waals surface area contributed by atoms with Crippen molar-refractivity contribution in [1.29, 1.82) is 0 Å². The molecule has 0 aliphatic carbocycles. The Hall–Kier alpha value is -2.19. The molecule has 0 amide bonds. The summed E-state index contributed by atoms with van der Waals surface area (Å²) < 4.78 is 2.53. The third-order valence-corrected chi connectivity index (χ3v) is 5.29. The lowest BCUT2D eigenvalue weighted by Crippen LogP contribution is -1.98. The summed E-state index contributed by atoms with van der Waals surface area (Å²) in [7, 11) is 0. The Labute approximate surface area is 141 Å². The molecule has 0 aliphatic rings. The van der Waals surface area contributed by atoms with Crippen molar-refractivity contribution in [1.82, 2.24) is 20.0 Å². The molecule has 0 saturated heterocycles. The van der Waals surface area contributed by atoms with Crippen molar-refractivity contribution >= 4 is 29.1 Å². The van der Waals surface area contributed by atoms with Crippen molar-refractivity contribution in [2.75, 3.05) is 5.75 Å². The SMILES string of the molecule is Cc1nn(-c2ccccc2)c(C)c1-c1nnc(SCC(=O)O)s1. The van der Waals surface area contributed by atoms with Crippen LogP contribution >= 0.6 is 23.1 Å². The standard InChI is InChI=1S/C15H14N4O2S2/c1-9-13(14-16-17-15(23-14)22-8-12(20)21)10(2)19(18-9)11-6-4-3-5-7-11/h3-7H,8H2,1-2H3,(H,20,21). The maximum Gasteiger partial charge on any atom is 0.313 e. The van der Waals surface area contributed by atoms with Gasteiger partial charge in [0.15, 0.2) is 9.35 Å². The van der Waals surface area contributed by atoms with Crippen LogP contribution in [0.15, 0.2) is 34.7 Å². The summed E-state index contributed by atoms with van der Waals surface area (Å²) in [6.07, 6.45) is 0. The molecule has 1 aromatic carbocycles. The van der Waals surface area contributed by atoms with Crippen LogP contribution < -0.4 is 0 Å². The zero-order chi connectivity index (χ0) is 16.4.